The van der Waals surface area contributed by atoms with Gasteiger partial charge in [0.2, 0.25) is 0 Å². The largest absolute Gasteiger partial charge is 0.462 e. The van der Waals surface area contributed by atoms with Gasteiger partial charge < -0.3 is 19.3 Å². The molecule has 0 unspecified atom stereocenters. The lowest BCUT2D eigenvalue weighted by molar-refractivity contribution is 0.0476. The lowest BCUT2D eigenvalue weighted by atomic mass is 10.1. The number of rotatable bonds is 34. The maximum Gasteiger partial charge on any atom is 0.338 e. The van der Waals surface area contributed by atoms with Crippen LogP contribution >= 0.6 is 0 Å². The fraction of sp³-hybridized carbons (Fsp3) is 0.810. The standard InChI is InChI=1S/C42H76N2O4/c1-5-7-9-11-13-15-17-19-21-23-25-33-43(3)35-27-37-47-41(45)39-29-31-40(32-30-39)42(46)48-38-28-36-44(4)34-26-24-22-20-18-16-14-12-10-8-6-2/h29-32H,5-28,33-38H2,1-4H3. The van der Waals surface area contributed by atoms with Crippen molar-refractivity contribution in [3.63, 3.8) is 0 Å². The van der Waals surface area contributed by atoms with Gasteiger partial charge in [0.15, 0.2) is 0 Å². The molecule has 6 heteroatoms. The van der Waals surface area contributed by atoms with E-state index >= 15 is 0 Å². The SMILES string of the molecule is CCCCCCCCCCCCCN(C)CCCOC(=O)c1ccc(C(=O)OCCCN(C)CCCCCCCCCCCCC)cc1. The van der Waals surface area contributed by atoms with Gasteiger partial charge in [0.25, 0.3) is 0 Å². The van der Waals surface area contributed by atoms with Gasteiger partial charge in [0.05, 0.1) is 24.3 Å². The summed E-state index contributed by atoms with van der Waals surface area (Å²) in [6, 6.07) is 6.61. The van der Waals surface area contributed by atoms with Gasteiger partial charge in [0.1, 0.15) is 0 Å². The zero-order valence-corrected chi connectivity index (χ0v) is 32.1. The van der Waals surface area contributed by atoms with Crippen LogP contribution in [0.3, 0.4) is 0 Å². The molecule has 0 amide bonds. The summed E-state index contributed by atoms with van der Waals surface area (Å²) >= 11 is 0. The summed E-state index contributed by atoms with van der Waals surface area (Å²) < 4.78 is 11.0. The van der Waals surface area contributed by atoms with Crippen molar-refractivity contribution in [3.8, 4) is 0 Å². The average molecular weight is 673 g/mol. The zero-order chi connectivity index (χ0) is 34.9. The second kappa shape index (κ2) is 32.3. The third kappa shape index (κ3) is 26.0. The number of carbonyl (C=O) groups excluding carboxylic acids is 2. The monoisotopic (exact) mass is 673 g/mol. The van der Waals surface area contributed by atoms with E-state index in [2.05, 4.69) is 37.7 Å². The van der Waals surface area contributed by atoms with Crippen molar-refractivity contribution in [1.29, 1.82) is 0 Å². The molecule has 0 aliphatic carbocycles. The summed E-state index contributed by atoms with van der Waals surface area (Å²) in [5.41, 5.74) is 0.926. The molecule has 0 atom stereocenters. The Morgan fingerprint density at radius 1 is 0.417 bits per heavy atom. The molecule has 0 fully saturated rings. The van der Waals surface area contributed by atoms with Crippen molar-refractivity contribution in [1.82, 2.24) is 9.80 Å². The van der Waals surface area contributed by atoms with Gasteiger partial charge in [-0.25, -0.2) is 9.59 Å². The molecule has 0 aliphatic rings. The molecule has 0 aromatic heterocycles. The Balaban J connectivity index is 2.02. The molecular formula is C42H76N2O4. The van der Waals surface area contributed by atoms with Gasteiger partial charge >= 0.3 is 11.9 Å². The number of nitrogens with zero attached hydrogens (tertiary/aromatic N) is 2. The first kappa shape index (κ1) is 44.1. The molecule has 0 bridgehead atoms. The molecule has 48 heavy (non-hydrogen) atoms. The molecule has 1 rings (SSSR count). The smallest absolute Gasteiger partial charge is 0.338 e. The number of hydrogen-bond acceptors (Lipinski definition) is 6. The van der Waals surface area contributed by atoms with Gasteiger partial charge in [-0.2, -0.15) is 0 Å². The molecule has 0 saturated carbocycles. The van der Waals surface area contributed by atoms with Crippen LogP contribution in [0.5, 0.6) is 0 Å². The normalized spacial score (nSPS) is 11.5. The second-order valence-electron chi connectivity index (χ2n) is 14.2. The number of esters is 2. The first-order valence-electron chi connectivity index (χ1n) is 20.3. The minimum atomic E-state index is -0.344. The van der Waals surface area contributed by atoms with E-state index < -0.39 is 0 Å². The topological polar surface area (TPSA) is 59.1 Å². The lowest BCUT2D eigenvalue weighted by Gasteiger charge is -2.16. The first-order chi connectivity index (χ1) is 23.5. The molecule has 1 aromatic rings. The Morgan fingerprint density at radius 2 is 0.667 bits per heavy atom. The molecule has 0 heterocycles. The molecule has 0 aliphatic heterocycles. The lowest BCUT2D eigenvalue weighted by Crippen LogP contribution is -2.22. The molecule has 0 spiro atoms. The average Bonchev–Trinajstić information content (AvgIpc) is 3.09. The predicted molar refractivity (Wildman–Crippen MR) is 204 cm³/mol. The number of benzene rings is 1. The Kier molecular flexibility index (Phi) is 29.7. The molecular weight excluding hydrogens is 596 g/mol. The zero-order valence-electron chi connectivity index (χ0n) is 32.1. The quantitative estimate of drug-likeness (QED) is 0.0536. The Morgan fingerprint density at radius 3 is 0.958 bits per heavy atom. The van der Waals surface area contributed by atoms with Crippen molar-refractivity contribution in [3.05, 3.63) is 35.4 Å². The number of ether oxygens (including phenoxy) is 2. The number of unbranched alkanes of at least 4 members (excludes halogenated alkanes) is 20. The first-order valence-corrected chi connectivity index (χ1v) is 20.3. The fourth-order valence-corrected chi connectivity index (χ4v) is 6.22. The number of carbonyl (C=O) groups is 2. The van der Waals surface area contributed by atoms with Gasteiger partial charge in [-0.1, -0.05) is 142 Å². The second-order valence-corrected chi connectivity index (χ2v) is 14.2. The van der Waals surface area contributed by atoms with Crippen LogP contribution in [0.25, 0.3) is 0 Å². The van der Waals surface area contributed by atoms with Gasteiger partial charge in [-0.3, -0.25) is 0 Å². The maximum absolute atomic E-state index is 12.5. The summed E-state index contributed by atoms with van der Waals surface area (Å²) in [5.74, 6) is -0.687. The van der Waals surface area contributed by atoms with Crippen LogP contribution in [-0.4, -0.2) is 75.2 Å². The summed E-state index contributed by atoms with van der Waals surface area (Å²) in [4.78, 5) is 29.6. The highest BCUT2D eigenvalue weighted by Gasteiger charge is 2.11. The third-order valence-corrected chi connectivity index (χ3v) is 9.48. The predicted octanol–water partition coefficient (Wildman–Crippen LogP) is 11.3. The fourth-order valence-electron chi connectivity index (χ4n) is 6.22. The summed E-state index contributed by atoms with van der Waals surface area (Å²) in [5, 5.41) is 0. The van der Waals surface area contributed by atoms with Crippen LogP contribution in [0.15, 0.2) is 24.3 Å². The molecule has 0 N–H and O–H groups in total. The Bertz CT molecular complexity index is 804. The van der Waals surface area contributed by atoms with Crippen LogP contribution in [0.4, 0.5) is 0 Å². The molecule has 6 nitrogen and oxygen atoms in total. The summed E-state index contributed by atoms with van der Waals surface area (Å²) in [6.07, 6.45) is 31.6. The van der Waals surface area contributed by atoms with Gasteiger partial charge in [-0.05, 0) is 77.1 Å². The van der Waals surface area contributed by atoms with E-state index in [1.54, 1.807) is 24.3 Å². The van der Waals surface area contributed by atoms with Crippen LogP contribution in [-0.2, 0) is 9.47 Å². The van der Waals surface area contributed by atoms with Crippen molar-refractivity contribution in [2.45, 2.75) is 168 Å². The van der Waals surface area contributed by atoms with Crippen LogP contribution in [0.1, 0.15) is 189 Å². The van der Waals surface area contributed by atoms with E-state index in [-0.39, 0.29) is 11.9 Å². The van der Waals surface area contributed by atoms with Crippen LogP contribution in [0, 0.1) is 0 Å². The van der Waals surface area contributed by atoms with E-state index in [1.807, 2.05) is 0 Å². The van der Waals surface area contributed by atoms with Crippen LogP contribution < -0.4 is 0 Å². The highest BCUT2D eigenvalue weighted by Crippen LogP contribution is 2.13. The highest BCUT2D eigenvalue weighted by atomic mass is 16.5. The summed E-state index contributed by atoms with van der Waals surface area (Å²) in [7, 11) is 4.29. The minimum Gasteiger partial charge on any atom is -0.462 e. The third-order valence-electron chi connectivity index (χ3n) is 9.48. The molecule has 1 aromatic carbocycles. The van der Waals surface area contributed by atoms with Crippen molar-refractivity contribution < 1.29 is 19.1 Å². The van der Waals surface area contributed by atoms with E-state index in [4.69, 9.17) is 9.47 Å². The minimum absolute atomic E-state index is 0.344. The van der Waals surface area contributed by atoms with Gasteiger partial charge in [-0.15, -0.1) is 0 Å². The molecule has 278 valence electrons. The van der Waals surface area contributed by atoms with Crippen molar-refractivity contribution in [2.75, 3.05) is 53.5 Å². The van der Waals surface area contributed by atoms with Crippen molar-refractivity contribution in [2.24, 2.45) is 0 Å². The van der Waals surface area contributed by atoms with E-state index in [1.165, 1.54) is 141 Å². The Labute approximate surface area is 297 Å². The van der Waals surface area contributed by atoms with E-state index in [0.717, 1.165) is 39.0 Å². The molecule has 0 saturated heterocycles. The highest BCUT2D eigenvalue weighted by molar-refractivity contribution is 5.93. The van der Waals surface area contributed by atoms with Crippen molar-refractivity contribution >= 4 is 11.9 Å². The van der Waals surface area contributed by atoms with Crippen LogP contribution in [0.2, 0.25) is 0 Å². The van der Waals surface area contributed by atoms with Gasteiger partial charge in [0, 0.05) is 13.1 Å². The van der Waals surface area contributed by atoms with E-state index in [0.29, 0.717) is 24.3 Å². The number of hydrogen-bond donors (Lipinski definition) is 0. The Hall–Kier alpha value is -1.92. The van der Waals surface area contributed by atoms with E-state index in [9.17, 15) is 9.59 Å². The summed E-state index contributed by atoms with van der Waals surface area (Å²) in [6.45, 7) is 9.39. The maximum atomic E-state index is 12.5. The molecule has 0 radical (unpaired) electrons.